The van der Waals surface area contributed by atoms with E-state index < -0.39 is 0 Å². The normalized spacial score (nSPS) is 11.0. The zero-order valence-corrected chi connectivity index (χ0v) is 6.97. The summed E-state index contributed by atoms with van der Waals surface area (Å²) in [6.07, 6.45) is 1.97. The lowest BCUT2D eigenvalue weighted by atomic mass is 10.3. The van der Waals surface area contributed by atoms with Gasteiger partial charge in [-0.2, -0.15) is 0 Å². The molecule has 1 aromatic heterocycles. The third-order valence-electron chi connectivity index (χ3n) is 1.24. The molecule has 0 aliphatic carbocycles. The molecule has 0 saturated heterocycles. The minimum atomic E-state index is 0.0802. The lowest BCUT2D eigenvalue weighted by Crippen LogP contribution is -2.08. The predicted molar refractivity (Wildman–Crippen MR) is 46.1 cm³/mol. The molecule has 1 rings (SSSR count). The molecule has 0 radical (unpaired) electrons. The third-order valence-corrected chi connectivity index (χ3v) is 1.24. The van der Waals surface area contributed by atoms with Gasteiger partial charge in [-0.05, 0) is 6.07 Å². The van der Waals surface area contributed by atoms with Gasteiger partial charge >= 0.3 is 0 Å². The first-order valence-corrected chi connectivity index (χ1v) is 3.43. The number of carbonyl (C=O) groups excluding carboxylic acids is 1. The molecular formula is C7H8N4O2. The minimum Gasteiger partial charge on any atom is -0.398 e. The molecule has 13 heavy (non-hydrogen) atoms. The summed E-state index contributed by atoms with van der Waals surface area (Å²) in [6, 6.07) is 1.52. The highest BCUT2D eigenvalue weighted by Gasteiger charge is 2.04. The van der Waals surface area contributed by atoms with Gasteiger partial charge in [-0.25, -0.2) is 9.97 Å². The molecule has 68 valence electrons. The molecule has 1 aromatic rings. The van der Waals surface area contributed by atoms with Crippen LogP contribution in [0.3, 0.4) is 0 Å². The number of nitrogens with two attached hydrogens (primary N) is 1. The fraction of sp³-hybridized carbons (Fsp3) is 0.143. The predicted octanol–water partition coefficient (Wildman–Crippen LogP) is -0.392. The summed E-state index contributed by atoms with van der Waals surface area (Å²) in [6.45, 7) is 0. The van der Waals surface area contributed by atoms with Gasteiger partial charge in [-0.15, -0.1) is 0 Å². The molecule has 0 unspecified atom stereocenters. The summed E-state index contributed by atoms with van der Waals surface area (Å²) < 4.78 is 0. The molecule has 2 N–H and O–H groups in total. The monoisotopic (exact) mass is 180 g/mol. The van der Waals surface area contributed by atoms with Gasteiger partial charge in [0.15, 0.2) is 12.0 Å². The van der Waals surface area contributed by atoms with Crippen molar-refractivity contribution >= 4 is 17.9 Å². The Labute approximate surface area is 74.4 Å². The van der Waals surface area contributed by atoms with Crippen LogP contribution in [0.1, 0.15) is 5.69 Å². The Bertz CT molecular complexity index is 337. The van der Waals surface area contributed by atoms with Crippen molar-refractivity contribution in [3.8, 4) is 0 Å². The van der Waals surface area contributed by atoms with Gasteiger partial charge in [0.05, 0.1) is 0 Å². The number of carbonyl (C=O) groups is 1. The molecule has 0 aliphatic heterocycles. The number of hydrogen-bond donors (Lipinski definition) is 1. The van der Waals surface area contributed by atoms with Crippen LogP contribution >= 0.6 is 0 Å². The third kappa shape index (κ3) is 2.22. The SMILES string of the molecule is CON=C(C=O)c1ccnc(N)n1. The number of rotatable bonds is 3. The molecule has 0 spiro atoms. The van der Waals surface area contributed by atoms with E-state index in [1.54, 1.807) is 0 Å². The fourth-order valence-corrected chi connectivity index (χ4v) is 0.743. The largest absolute Gasteiger partial charge is 0.398 e. The maximum Gasteiger partial charge on any atom is 0.220 e. The van der Waals surface area contributed by atoms with E-state index in [0.29, 0.717) is 12.0 Å². The van der Waals surface area contributed by atoms with Gasteiger partial charge in [0.25, 0.3) is 0 Å². The Hall–Kier alpha value is -1.98. The number of aromatic nitrogens is 2. The zero-order chi connectivity index (χ0) is 9.68. The first kappa shape index (κ1) is 9.11. The highest BCUT2D eigenvalue weighted by molar-refractivity contribution is 6.35. The van der Waals surface area contributed by atoms with E-state index in [2.05, 4.69) is 20.0 Å². The van der Waals surface area contributed by atoms with E-state index in [4.69, 9.17) is 5.73 Å². The van der Waals surface area contributed by atoms with E-state index >= 15 is 0 Å². The van der Waals surface area contributed by atoms with Crippen molar-refractivity contribution in [2.75, 3.05) is 12.8 Å². The molecule has 6 heteroatoms. The maximum atomic E-state index is 10.5. The van der Waals surface area contributed by atoms with Crippen LogP contribution in [0, 0.1) is 0 Å². The standard InChI is InChI=1S/C7H8N4O2/c1-13-11-6(4-12)5-2-3-9-7(8)10-5/h2-4H,1H3,(H2,8,9,10). The van der Waals surface area contributed by atoms with Crippen molar-refractivity contribution in [3.05, 3.63) is 18.0 Å². The molecule has 0 saturated carbocycles. The molecule has 0 bridgehead atoms. The van der Waals surface area contributed by atoms with Crippen LogP contribution in [0.15, 0.2) is 17.4 Å². The first-order valence-electron chi connectivity index (χ1n) is 3.43. The van der Waals surface area contributed by atoms with E-state index in [-0.39, 0.29) is 11.7 Å². The van der Waals surface area contributed by atoms with Crippen molar-refractivity contribution in [1.29, 1.82) is 0 Å². The van der Waals surface area contributed by atoms with Crippen LogP contribution in [-0.2, 0) is 9.63 Å². The Morgan fingerprint density at radius 3 is 3.08 bits per heavy atom. The average Bonchev–Trinajstić information content (AvgIpc) is 2.14. The van der Waals surface area contributed by atoms with Crippen LogP contribution in [0.2, 0.25) is 0 Å². The van der Waals surface area contributed by atoms with Crippen molar-refractivity contribution in [2.24, 2.45) is 5.16 Å². The highest BCUT2D eigenvalue weighted by atomic mass is 16.6. The number of nitrogen functional groups attached to an aromatic ring is 1. The minimum absolute atomic E-state index is 0.0802. The maximum absolute atomic E-state index is 10.5. The lowest BCUT2D eigenvalue weighted by molar-refractivity contribution is -0.102. The summed E-state index contributed by atoms with van der Waals surface area (Å²) in [5.41, 5.74) is 5.73. The van der Waals surface area contributed by atoms with Gasteiger partial charge in [-0.1, -0.05) is 5.16 Å². The second-order valence-corrected chi connectivity index (χ2v) is 2.08. The van der Waals surface area contributed by atoms with Crippen molar-refractivity contribution < 1.29 is 9.63 Å². The smallest absolute Gasteiger partial charge is 0.220 e. The zero-order valence-electron chi connectivity index (χ0n) is 6.97. The summed E-state index contributed by atoms with van der Waals surface area (Å²) in [4.78, 5) is 22.4. The molecule has 0 fully saturated rings. The number of nitrogens with zero attached hydrogens (tertiary/aromatic N) is 3. The van der Waals surface area contributed by atoms with Crippen LogP contribution in [0.5, 0.6) is 0 Å². The number of anilines is 1. The summed E-state index contributed by atoms with van der Waals surface area (Å²) in [7, 11) is 1.34. The quantitative estimate of drug-likeness (QED) is 0.388. The molecule has 6 nitrogen and oxygen atoms in total. The van der Waals surface area contributed by atoms with Gasteiger partial charge in [0.1, 0.15) is 12.8 Å². The molecule has 0 aliphatic rings. The molecule has 1 heterocycles. The summed E-state index contributed by atoms with van der Waals surface area (Å²) in [5, 5.41) is 3.46. The van der Waals surface area contributed by atoms with Gasteiger partial charge < -0.3 is 10.6 Å². The average molecular weight is 180 g/mol. The molecule has 0 amide bonds. The van der Waals surface area contributed by atoms with Crippen LogP contribution < -0.4 is 5.73 Å². The van der Waals surface area contributed by atoms with Gasteiger partial charge in [0.2, 0.25) is 5.95 Å². The van der Waals surface area contributed by atoms with Crippen LogP contribution in [0.25, 0.3) is 0 Å². The summed E-state index contributed by atoms with van der Waals surface area (Å²) in [5.74, 6) is 0.0863. The van der Waals surface area contributed by atoms with E-state index in [0.717, 1.165) is 0 Å². The summed E-state index contributed by atoms with van der Waals surface area (Å²) >= 11 is 0. The Balaban J connectivity index is 3.05. The fourth-order valence-electron chi connectivity index (χ4n) is 0.743. The number of oxime groups is 1. The Kier molecular flexibility index (Phi) is 2.91. The second kappa shape index (κ2) is 4.15. The molecule has 0 aromatic carbocycles. The highest BCUT2D eigenvalue weighted by Crippen LogP contribution is 1.97. The van der Waals surface area contributed by atoms with Crippen molar-refractivity contribution in [2.45, 2.75) is 0 Å². The van der Waals surface area contributed by atoms with Crippen LogP contribution in [-0.4, -0.2) is 29.1 Å². The van der Waals surface area contributed by atoms with Crippen LogP contribution in [0.4, 0.5) is 5.95 Å². The van der Waals surface area contributed by atoms with E-state index in [1.165, 1.54) is 19.4 Å². The second-order valence-electron chi connectivity index (χ2n) is 2.08. The lowest BCUT2D eigenvalue weighted by Gasteiger charge is -1.97. The van der Waals surface area contributed by atoms with E-state index in [9.17, 15) is 4.79 Å². The molecule has 0 atom stereocenters. The van der Waals surface area contributed by atoms with Crippen molar-refractivity contribution in [1.82, 2.24) is 9.97 Å². The Morgan fingerprint density at radius 2 is 2.54 bits per heavy atom. The first-order chi connectivity index (χ1) is 6.27. The topological polar surface area (TPSA) is 90.5 Å². The van der Waals surface area contributed by atoms with Crippen molar-refractivity contribution in [3.63, 3.8) is 0 Å². The molecular weight excluding hydrogens is 172 g/mol. The van der Waals surface area contributed by atoms with Gasteiger partial charge in [0, 0.05) is 6.20 Å². The number of hydrogen-bond acceptors (Lipinski definition) is 6. The van der Waals surface area contributed by atoms with E-state index in [1.807, 2.05) is 0 Å². The Morgan fingerprint density at radius 1 is 1.77 bits per heavy atom. The van der Waals surface area contributed by atoms with Gasteiger partial charge in [-0.3, -0.25) is 4.79 Å². The number of aldehydes is 1.